The Morgan fingerprint density at radius 1 is 1.53 bits per heavy atom. The molecular weight excluding hydrogens is 242 g/mol. The van der Waals surface area contributed by atoms with E-state index in [1.54, 1.807) is 6.20 Å². The van der Waals surface area contributed by atoms with Gasteiger partial charge in [0.05, 0.1) is 23.1 Å². The quantitative estimate of drug-likeness (QED) is 0.621. The molecule has 1 aliphatic rings. The van der Waals surface area contributed by atoms with E-state index in [9.17, 15) is 4.79 Å². The molecule has 100 valence electrons. The fraction of sp³-hybridized carbons (Fsp3) is 0.385. The molecular formula is C13H17N5O. The summed E-state index contributed by atoms with van der Waals surface area (Å²) in [5.74, 6) is 0.00612. The number of hydrogen-bond donors (Lipinski definition) is 4. The Morgan fingerprint density at radius 3 is 3.05 bits per heavy atom. The summed E-state index contributed by atoms with van der Waals surface area (Å²) in [6.45, 7) is 1.83. The largest absolute Gasteiger partial charge is 0.397 e. The summed E-state index contributed by atoms with van der Waals surface area (Å²) in [4.78, 5) is 11.9. The number of nitrogens with one attached hydrogen (secondary N) is 3. The van der Waals surface area contributed by atoms with Crippen LogP contribution in [0, 0.1) is 0 Å². The lowest BCUT2D eigenvalue weighted by Crippen LogP contribution is -2.38. The van der Waals surface area contributed by atoms with Crippen LogP contribution in [0.3, 0.4) is 0 Å². The number of H-pyrrole nitrogens is 1. The second-order valence-electron chi connectivity index (χ2n) is 5.05. The van der Waals surface area contributed by atoms with Crippen LogP contribution in [0.1, 0.15) is 19.8 Å². The van der Waals surface area contributed by atoms with Gasteiger partial charge in [0, 0.05) is 11.4 Å². The second kappa shape index (κ2) is 4.46. The third-order valence-electron chi connectivity index (χ3n) is 3.30. The molecule has 5 N–H and O–H groups in total. The highest BCUT2D eigenvalue weighted by Crippen LogP contribution is 2.25. The third kappa shape index (κ3) is 2.47. The van der Waals surface area contributed by atoms with E-state index < -0.39 is 0 Å². The van der Waals surface area contributed by atoms with Crippen molar-refractivity contribution in [1.82, 2.24) is 15.5 Å². The first-order valence-electron chi connectivity index (χ1n) is 6.43. The van der Waals surface area contributed by atoms with E-state index in [2.05, 4.69) is 20.8 Å². The molecule has 6 heteroatoms. The van der Waals surface area contributed by atoms with Gasteiger partial charge in [-0.3, -0.25) is 9.89 Å². The third-order valence-corrected chi connectivity index (χ3v) is 3.30. The van der Waals surface area contributed by atoms with Gasteiger partial charge in [-0.25, -0.2) is 0 Å². The van der Waals surface area contributed by atoms with Gasteiger partial charge in [-0.15, -0.1) is 0 Å². The molecule has 0 spiro atoms. The van der Waals surface area contributed by atoms with Gasteiger partial charge in [-0.05, 0) is 31.9 Å². The molecule has 1 aliphatic carbocycles. The van der Waals surface area contributed by atoms with Crippen LogP contribution in [0.4, 0.5) is 11.4 Å². The zero-order valence-corrected chi connectivity index (χ0v) is 10.7. The average Bonchev–Trinajstić information content (AvgIpc) is 3.07. The smallest absolute Gasteiger partial charge is 0.242 e. The molecule has 1 aromatic carbocycles. The number of nitrogens with zero attached hydrogens (tertiary/aromatic N) is 1. The molecule has 1 unspecified atom stereocenters. The molecule has 3 rings (SSSR count). The van der Waals surface area contributed by atoms with Crippen molar-refractivity contribution in [3.8, 4) is 0 Å². The molecule has 2 aromatic rings. The molecule has 0 aliphatic heterocycles. The van der Waals surface area contributed by atoms with E-state index in [0.717, 1.165) is 29.4 Å². The first kappa shape index (κ1) is 11.8. The number of fused-ring (bicyclic) bond motifs is 1. The maximum atomic E-state index is 11.9. The minimum atomic E-state index is -0.316. The van der Waals surface area contributed by atoms with Crippen LogP contribution in [-0.2, 0) is 4.79 Å². The van der Waals surface area contributed by atoms with Gasteiger partial charge in [-0.2, -0.15) is 5.10 Å². The fourth-order valence-electron chi connectivity index (χ4n) is 1.99. The van der Waals surface area contributed by atoms with Crippen molar-refractivity contribution < 1.29 is 4.79 Å². The molecule has 1 aromatic heterocycles. The standard InChI is InChI=1S/C13H17N5O/c1-7(13(19)17-9-2-3-9)16-12-5-11-8(4-10(12)14)6-15-18-11/h4-7,9,16H,2-3,14H2,1H3,(H,15,18)(H,17,19). The fourth-order valence-corrected chi connectivity index (χ4v) is 1.99. The van der Waals surface area contributed by atoms with Gasteiger partial charge >= 0.3 is 0 Å². The van der Waals surface area contributed by atoms with E-state index in [1.165, 1.54) is 0 Å². The SMILES string of the molecule is CC(Nc1cc2[nH]ncc2cc1N)C(=O)NC1CC1. The van der Waals surface area contributed by atoms with Crippen molar-refractivity contribution in [1.29, 1.82) is 0 Å². The van der Waals surface area contributed by atoms with Crippen LogP contribution in [0.2, 0.25) is 0 Å². The maximum absolute atomic E-state index is 11.9. The Hall–Kier alpha value is -2.24. The molecule has 1 heterocycles. The molecule has 1 amide bonds. The van der Waals surface area contributed by atoms with Crippen LogP contribution in [0.25, 0.3) is 10.9 Å². The Kier molecular flexibility index (Phi) is 2.77. The van der Waals surface area contributed by atoms with Crippen molar-refractivity contribution in [3.63, 3.8) is 0 Å². The van der Waals surface area contributed by atoms with Crippen LogP contribution in [0.15, 0.2) is 18.3 Å². The van der Waals surface area contributed by atoms with E-state index in [0.29, 0.717) is 11.7 Å². The lowest BCUT2D eigenvalue weighted by atomic mass is 10.2. The van der Waals surface area contributed by atoms with Gasteiger partial charge in [0.2, 0.25) is 5.91 Å². The number of hydrogen-bond acceptors (Lipinski definition) is 4. The van der Waals surface area contributed by atoms with E-state index in [1.807, 2.05) is 19.1 Å². The van der Waals surface area contributed by atoms with Crippen molar-refractivity contribution in [2.75, 3.05) is 11.1 Å². The number of carbonyl (C=O) groups is 1. The van der Waals surface area contributed by atoms with Gasteiger partial charge in [0.1, 0.15) is 6.04 Å². The summed E-state index contributed by atoms with van der Waals surface area (Å²) in [7, 11) is 0. The number of benzene rings is 1. The molecule has 0 radical (unpaired) electrons. The Bertz CT molecular complexity index is 617. The first-order chi connectivity index (χ1) is 9.13. The molecule has 1 fully saturated rings. The average molecular weight is 259 g/mol. The zero-order chi connectivity index (χ0) is 13.4. The highest BCUT2D eigenvalue weighted by Gasteiger charge is 2.25. The number of aromatic amines is 1. The topological polar surface area (TPSA) is 95.8 Å². The summed E-state index contributed by atoms with van der Waals surface area (Å²) in [5.41, 5.74) is 8.22. The summed E-state index contributed by atoms with van der Waals surface area (Å²) >= 11 is 0. The van der Waals surface area contributed by atoms with Gasteiger partial charge in [0.25, 0.3) is 0 Å². The summed E-state index contributed by atoms with van der Waals surface area (Å²) in [6.07, 6.45) is 3.89. The molecule has 1 atom stereocenters. The lowest BCUT2D eigenvalue weighted by Gasteiger charge is -2.16. The highest BCUT2D eigenvalue weighted by molar-refractivity contribution is 5.91. The van der Waals surface area contributed by atoms with Crippen LogP contribution >= 0.6 is 0 Å². The van der Waals surface area contributed by atoms with Gasteiger partial charge < -0.3 is 16.4 Å². The number of nitrogens with two attached hydrogens (primary N) is 1. The number of amides is 1. The molecule has 19 heavy (non-hydrogen) atoms. The van der Waals surface area contributed by atoms with E-state index in [4.69, 9.17) is 5.73 Å². The minimum absolute atomic E-state index is 0.00612. The number of nitrogen functional groups attached to an aromatic ring is 1. The van der Waals surface area contributed by atoms with E-state index >= 15 is 0 Å². The van der Waals surface area contributed by atoms with Crippen molar-refractivity contribution in [2.45, 2.75) is 31.8 Å². The van der Waals surface area contributed by atoms with Crippen molar-refractivity contribution in [2.24, 2.45) is 0 Å². The number of rotatable bonds is 4. The normalized spacial score (nSPS) is 16.3. The summed E-state index contributed by atoms with van der Waals surface area (Å²) in [6, 6.07) is 3.76. The lowest BCUT2D eigenvalue weighted by molar-refractivity contribution is -0.121. The number of aromatic nitrogens is 2. The Morgan fingerprint density at radius 2 is 2.32 bits per heavy atom. The molecule has 0 saturated heterocycles. The van der Waals surface area contributed by atoms with Gasteiger partial charge in [0.15, 0.2) is 0 Å². The minimum Gasteiger partial charge on any atom is -0.397 e. The maximum Gasteiger partial charge on any atom is 0.242 e. The number of carbonyl (C=O) groups excluding carboxylic acids is 1. The Balaban J connectivity index is 1.75. The van der Waals surface area contributed by atoms with E-state index in [-0.39, 0.29) is 11.9 Å². The number of anilines is 2. The van der Waals surface area contributed by atoms with Crippen molar-refractivity contribution in [3.05, 3.63) is 18.3 Å². The first-order valence-corrected chi connectivity index (χ1v) is 6.43. The second-order valence-corrected chi connectivity index (χ2v) is 5.05. The predicted octanol–water partition coefficient (Wildman–Crippen LogP) is 1.22. The summed E-state index contributed by atoms with van der Waals surface area (Å²) < 4.78 is 0. The van der Waals surface area contributed by atoms with Gasteiger partial charge in [-0.1, -0.05) is 0 Å². The predicted molar refractivity (Wildman–Crippen MR) is 74.8 cm³/mol. The Labute approximate surface area is 110 Å². The van der Waals surface area contributed by atoms with Crippen LogP contribution in [-0.4, -0.2) is 28.2 Å². The van der Waals surface area contributed by atoms with Crippen molar-refractivity contribution >= 4 is 28.2 Å². The molecule has 6 nitrogen and oxygen atoms in total. The summed E-state index contributed by atoms with van der Waals surface area (Å²) in [5, 5.41) is 13.9. The van der Waals surface area contributed by atoms with Crippen LogP contribution in [0.5, 0.6) is 0 Å². The van der Waals surface area contributed by atoms with Crippen LogP contribution < -0.4 is 16.4 Å². The molecule has 0 bridgehead atoms. The molecule has 1 saturated carbocycles. The zero-order valence-electron chi connectivity index (χ0n) is 10.7. The highest BCUT2D eigenvalue weighted by atomic mass is 16.2. The monoisotopic (exact) mass is 259 g/mol.